The first-order chi connectivity index (χ1) is 10.8. The van der Waals surface area contributed by atoms with Crippen molar-refractivity contribution in [3.05, 3.63) is 48.0 Å². The Morgan fingerprint density at radius 2 is 1.41 bits per heavy atom. The number of hydrogen-bond donors (Lipinski definition) is 0. The van der Waals surface area contributed by atoms with Gasteiger partial charge in [-0.15, -0.1) is 0 Å². The third-order valence-corrected chi connectivity index (χ3v) is 2.98. The molecule has 0 bridgehead atoms. The summed E-state index contributed by atoms with van der Waals surface area (Å²) < 4.78 is 21.3. The number of ether oxygens (including phenoxy) is 4. The Hall–Kier alpha value is -2.87. The zero-order valence-corrected chi connectivity index (χ0v) is 12.5. The lowest BCUT2D eigenvalue weighted by Crippen LogP contribution is -2.09. The highest BCUT2D eigenvalue weighted by Gasteiger charge is 2.05. The molecule has 0 amide bonds. The quantitative estimate of drug-likeness (QED) is 0.735. The summed E-state index contributed by atoms with van der Waals surface area (Å²) in [7, 11) is 3.18. The van der Waals surface area contributed by atoms with E-state index in [4.69, 9.17) is 24.2 Å². The first kappa shape index (κ1) is 15.5. The summed E-state index contributed by atoms with van der Waals surface area (Å²) in [5, 5.41) is 9.05. The molecule has 2 rings (SSSR count). The fourth-order valence-electron chi connectivity index (χ4n) is 1.82. The summed E-state index contributed by atoms with van der Waals surface area (Å²) in [4.78, 5) is 0. The van der Waals surface area contributed by atoms with Gasteiger partial charge in [-0.2, -0.15) is 5.26 Å². The van der Waals surface area contributed by atoms with Gasteiger partial charge in [0.05, 0.1) is 19.8 Å². The molecule has 22 heavy (non-hydrogen) atoms. The second-order valence-corrected chi connectivity index (χ2v) is 4.35. The fourth-order valence-corrected chi connectivity index (χ4v) is 1.82. The Morgan fingerprint density at radius 1 is 0.818 bits per heavy atom. The molecule has 114 valence electrons. The van der Waals surface area contributed by atoms with Gasteiger partial charge in [0, 0.05) is 6.07 Å². The van der Waals surface area contributed by atoms with E-state index in [1.165, 1.54) is 0 Å². The summed E-state index contributed by atoms with van der Waals surface area (Å²) in [6, 6.07) is 14.5. The Kier molecular flexibility index (Phi) is 5.50. The minimum atomic E-state index is 0.327. The molecule has 0 radical (unpaired) electrons. The molecule has 0 heterocycles. The number of methoxy groups -OCH3 is 2. The zero-order valence-electron chi connectivity index (χ0n) is 12.5. The maximum Gasteiger partial charge on any atom is 0.140 e. The van der Waals surface area contributed by atoms with Gasteiger partial charge in [-0.1, -0.05) is 0 Å². The van der Waals surface area contributed by atoms with E-state index in [9.17, 15) is 0 Å². The van der Waals surface area contributed by atoms with Crippen molar-refractivity contribution in [1.29, 1.82) is 5.26 Å². The number of rotatable bonds is 7. The first-order valence-electron chi connectivity index (χ1n) is 6.74. The highest BCUT2D eigenvalue weighted by atomic mass is 16.5. The van der Waals surface area contributed by atoms with Crippen molar-refractivity contribution in [3.63, 3.8) is 0 Å². The third-order valence-electron chi connectivity index (χ3n) is 2.98. The number of nitriles is 1. The lowest BCUT2D eigenvalue weighted by atomic mass is 10.2. The molecule has 5 nitrogen and oxygen atoms in total. The van der Waals surface area contributed by atoms with Gasteiger partial charge < -0.3 is 18.9 Å². The van der Waals surface area contributed by atoms with Crippen molar-refractivity contribution >= 4 is 0 Å². The Labute approximate surface area is 129 Å². The molecule has 0 saturated heterocycles. The van der Waals surface area contributed by atoms with Gasteiger partial charge in [0.2, 0.25) is 0 Å². The maximum absolute atomic E-state index is 9.05. The lowest BCUT2D eigenvalue weighted by Gasteiger charge is -2.11. The molecular weight excluding hydrogens is 282 g/mol. The van der Waals surface area contributed by atoms with Crippen LogP contribution in [0.1, 0.15) is 5.56 Å². The van der Waals surface area contributed by atoms with Crippen LogP contribution in [0.2, 0.25) is 0 Å². The highest BCUT2D eigenvalue weighted by molar-refractivity contribution is 5.47. The average Bonchev–Trinajstić information content (AvgIpc) is 2.59. The summed E-state index contributed by atoms with van der Waals surface area (Å²) in [5.41, 5.74) is 0.463. The molecule has 2 aromatic rings. The fraction of sp³-hybridized carbons (Fsp3) is 0.235. The van der Waals surface area contributed by atoms with Crippen LogP contribution < -0.4 is 18.9 Å². The summed E-state index contributed by atoms with van der Waals surface area (Å²) >= 11 is 0. The van der Waals surface area contributed by atoms with Crippen LogP contribution in [0.4, 0.5) is 0 Å². The van der Waals surface area contributed by atoms with Crippen LogP contribution in [-0.4, -0.2) is 27.4 Å². The molecule has 0 aliphatic rings. The number of hydrogen-bond acceptors (Lipinski definition) is 5. The van der Waals surface area contributed by atoms with E-state index in [1.54, 1.807) is 32.4 Å². The standard InChI is InChI=1S/C17H17NO4/c1-19-14-5-7-15(8-6-14)21-9-10-22-17-11-16(20-2)4-3-13(17)12-18/h3-8,11H,9-10H2,1-2H3. The highest BCUT2D eigenvalue weighted by Crippen LogP contribution is 2.24. The molecule has 5 heteroatoms. The minimum Gasteiger partial charge on any atom is -0.497 e. The maximum atomic E-state index is 9.05. The second-order valence-electron chi connectivity index (χ2n) is 4.35. The van der Waals surface area contributed by atoms with Crippen molar-refractivity contribution < 1.29 is 18.9 Å². The Morgan fingerprint density at radius 3 is 2.05 bits per heavy atom. The van der Waals surface area contributed by atoms with Crippen molar-refractivity contribution in [1.82, 2.24) is 0 Å². The summed E-state index contributed by atoms with van der Waals surface area (Å²) in [5.74, 6) is 2.64. The summed E-state index contributed by atoms with van der Waals surface area (Å²) in [6.07, 6.45) is 0. The summed E-state index contributed by atoms with van der Waals surface area (Å²) in [6.45, 7) is 0.697. The van der Waals surface area contributed by atoms with E-state index in [0.717, 1.165) is 11.5 Å². The Bertz CT molecular complexity index is 647. The SMILES string of the molecule is COc1ccc(OCCOc2cc(OC)ccc2C#N)cc1. The van der Waals surface area contributed by atoms with E-state index in [0.29, 0.717) is 30.3 Å². The van der Waals surface area contributed by atoms with Crippen molar-refractivity contribution in [3.8, 4) is 29.1 Å². The lowest BCUT2D eigenvalue weighted by molar-refractivity contribution is 0.216. The topological polar surface area (TPSA) is 60.7 Å². The average molecular weight is 299 g/mol. The van der Waals surface area contributed by atoms with Gasteiger partial charge in [-0.3, -0.25) is 0 Å². The van der Waals surface area contributed by atoms with Gasteiger partial charge in [0.1, 0.15) is 42.3 Å². The van der Waals surface area contributed by atoms with Gasteiger partial charge in [0.25, 0.3) is 0 Å². The number of nitrogens with zero attached hydrogens (tertiary/aromatic N) is 1. The van der Waals surface area contributed by atoms with Crippen LogP contribution in [0.25, 0.3) is 0 Å². The van der Waals surface area contributed by atoms with E-state index in [1.807, 2.05) is 24.3 Å². The molecular formula is C17H17NO4. The first-order valence-corrected chi connectivity index (χ1v) is 6.74. The van der Waals surface area contributed by atoms with Gasteiger partial charge >= 0.3 is 0 Å². The van der Waals surface area contributed by atoms with Gasteiger partial charge in [0.15, 0.2) is 0 Å². The molecule has 0 aliphatic heterocycles. The normalized spacial score (nSPS) is 9.68. The molecule has 0 aliphatic carbocycles. The molecule has 0 unspecified atom stereocenters. The van der Waals surface area contributed by atoms with E-state index < -0.39 is 0 Å². The second kappa shape index (κ2) is 7.79. The van der Waals surface area contributed by atoms with E-state index in [2.05, 4.69) is 6.07 Å². The zero-order chi connectivity index (χ0) is 15.8. The molecule has 0 saturated carbocycles. The Balaban J connectivity index is 1.86. The van der Waals surface area contributed by atoms with Crippen molar-refractivity contribution in [2.75, 3.05) is 27.4 Å². The molecule has 0 fully saturated rings. The molecule has 0 aromatic heterocycles. The van der Waals surface area contributed by atoms with Crippen LogP contribution in [0, 0.1) is 11.3 Å². The van der Waals surface area contributed by atoms with E-state index >= 15 is 0 Å². The molecule has 0 atom stereocenters. The smallest absolute Gasteiger partial charge is 0.140 e. The van der Waals surface area contributed by atoms with Crippen LogP contribution >= 0.6 is 0 Å². The third kappa shape index (κ3) is 4.06. The molecule has 0 spiro atoms. The van der Waals surface area contributed by atoms with Crippen LogP contribution in [0.3, 0.4) is 0 Å². The predicted molar refractivity (Wildman–Crippen MR) is 81.7 cm³/mol. The van der Waals surface area contributed by atoms with E-state index in [-0.39, 0.29) is 0 Å². The van der Waals surface area contributed by atoms with Crippen LogP contribution in [-0.2, 0) is 0 Å². The van der Waals surface area contributed by atoms with Crippen LogP contribution in [0.15, 0.2) is 42.5 Å². The predicted octanol–water partition coefficient (Wildman–Crippen LogP) is 3.03. The monoisotopic (exact) mass is 299 g/mol. The minimum absolute atomic E-state index is 0.327. The van der Waals surface area contributed by atoms with Gasteiger partial charge in [-0.05, 0) is 36.4 Å². The largest absolute Gasteiger partial charge is 0.497 e. The van der Waals surface area contributed by atoms with Gasteiger partial charge in [-0.25, -0.2) is 0 Å². The van der Waals surface area contributed by atoms with Crippen molar-refractivity contribution in [2.24, 2.45) is 0 Å². The molecule has 0 N–H and O–H groups in total. The van der Waals surface area contributed by atoms with Crippen molar-refractivity contribution in [2.45, 2.75) is 0 Å². The number of benzene rings is 2. The van der Waals surface area contributed by atoms with Crippen LogP contribution in [0.5, 0.6) is 23.0 Å². The molecule has 2 aromatic carbocycles.